The van der Waals surface area contributed by atoms with Gasteiger partial charge < -0.3 is 0 Å². The standard InChI is InChI=1S/C17H15ClNS.C3H6.C2H6/c1-12-7-9-15-16(11-12)20-17(19(15)2)10-8-13-5-3-4-6-14(13)18;1-3-2;1-2/h3-11H,1-2H3;3H,1H2,2H3;1-2H3/q+1;;. The molecular weight excluding hydrogens is 346 g/mol. The highest BCUT2D eigenvalue weighted by atomic mass is 35.5. The van der Waals surface area contributed by atoms with Crippen LogP contribution in [-0.4, -0.2) is 0 Å². The molecule has 0 unspecified atom stereocenters. The number of rotatable bonds is 2. The van der Waals surface area contributed by atoms with E-state index in [9.17, 15) is 0 Å². The minimum absolute atomic E-state index is 0.781. The number of fused-ring (bicyclic) bond motifs is 1. The van der Waals surface area contributed by atoms with Crippen molar-refractivity contribution in [3.63, 3.8) is 0 Å². The molecule has 0 saturated heterocycles. The van der Waals surface area contributed by atoms with Gasteiger partial charge in [-0.2, -0.15) is 4.57 Å². The minimum atomic E-state index is 0.781. The molecule has 0 aliphatic rings. The van der Waals surface area contributed by atoms with Crippen molar-refractivity contribution in [3.8, 4) is 0 Å². The zero-order valence-corrected chi connectivity index (χ0v) is 17.3. The second-order valence-electron chi connectivity index (χ2n) is 5.23. The molecule has 0 bridgehead atoms. The number of aryl methyl sites for hydroxylation is 2. The Morgan fingerprint density at radius 1 is 1.08 bits per heavy atom. The van der Waals surface area contributed by atoms with Crippen LogP contribution in [0.5, 0.6) is 0 Å². The summed E-state index contributed by atoms with van der Waals surface area (Å²) < 4.78 is 3.53. The number of aromatic nitrogens is 1. The second kappa shape index (κ2) is 10.9. The summed E-state index contributed by atoms with van der Waals surface area (Å²) in [7, 11) is 2.10. The first-order valence-corrected chi connectivity index (χ1v) is 9.65. The summed E-state index contributed by atoms with van der Waals surface area (Å²) in [4.78, 5) is 0. The van der Waals surface area contributed by atoms with Gasteiger partial charge in [0.15, 0.2) is 0 Å². The maximum Gasteiger partial charge on any atom is 0.262 e. The van der Waals surface area contributed by atoms with E-state index >= 15 is 0 Å². The maximum atomic E-state index is 6.18. The molecule has 25 heavy (non-hydrogen) atoms. The molecule has 0 saturated carbocycles. The monoisotopic (exact) mass is 372 g/mol. The number of thiazole rings is 1. The van der Waals surface area contributed by atoms with Gasteiger partial charge in [0, 0.05) is 17.2 Å². The fourth-order valence-electron chi connectivity index (χ4n) is 2.20. The van der Waals surface area contributed by atoms with Crippen LogP contribution in [0.3, 0.4) is 0 Å². The molecule has 0 amide bonds. The van der Waals surface area contributed by atoms with Crippen LogP contribution in [0, 0.1) is 6.92 Å². The van der Waals surface area contributed by atoms with E-state index in [0.717, 1.165) is 10.6 Å². The highest BCUT2D eigenvalue weighted by Crippen LogP contribution is 2.24. The van der Waals surface area contributed by atoms with Crippen LogP contribution in [0.1, 0.15) is 36.9 Å². The molecule has 2 aromatic carbocycles. The largest absolute Gasteiger partial charge is 0.262 e. The number of benzene rings is 2. The summed E-state index contributed by atoms with van der Waals surface area (Å²) in [5.41, 5.74) is 3.60. The topological polar surface area (TPSA) is 3.88 Å². The molecule has 1 nitrogen and oxygen atoms in total. The Hall–Kier alpha value is -1.90. The molecule has 0 aliphatic carbocycles. The quantitative estimate of drug-likeness (QED) is 0.334. The lowest BCUT2D eigenvalue weighted by atomic mass is 10.2. The number of hydrogen-bond donors (Lipinski definition) is 0. The van der Waals surface area contributed by atoms with Crippen molar-refractivity contribution in [3.05, 3.63) is 76.3 Å². The van der Waals surface area contributed by atoms with Crippen LogP contribution in [0.25, 0.3) is 22.4 Å². The van der Waals surface area contributed by atoms with Gasteiger partial charge >= 0.3 is 0 Å². The molecule has 0 spiro atoms. The molecule has 132 valence electrons. The normalized spacial score (nSPS) is 10.0. The lowest BCUT2D eigenvalue weighted by Crippen LogP contribution is -2.28. The van der Waals surface area contributed by atoms with Gasteiger partial charge in [-0.1, -0.05) is 67.1 Å². The van der Waals surface area contributed by atoms with Gasteiger partial charge in [0.2, 0.25) is 5.52 Å². The number of allylic oxidation sites excluding steroid dienone is 1. The van der Waals surface area contributed by atoms with Crippen molar-refractivity contribution in [2.75, 3.05) is 0 Å². The summed E-state index contributed by atoms with van der Waals surface area (Å²) in [6.45, 7) is 11.4. The van der Waals surface area contributed by atoms with Gasteiger partial charge in [0.1, 0.15) is 11.7 Å². The maximum absolute atomic E-state index is 6.18. The molecule has 0 fully saturated rings. The third kappa shape index (κ3) is 5.84. The van der Waals surface area contributed by atoms with E-state index in [2.05, 4.69) is 55.5 Å². The number of halogens is 1. The minimum Gasteiger partial charge on any atom is -0.185 e. The first-order chi connectivity index (χ1) is 12.1. The van der Waals surface area contributed by atoms with E-state index in [4.69, 9.17) is 11.6 Å². The molecule has 1 aromatic heterocycles. The van der Waals surface area contributed by atoms with E-state index < -0.39 is 0 Å². The van der Waals surface area contributed by atoms with Crippen molar-refractivity contribution in [1.29, 1.82) is 0 Å². The SMILES string of the molecule is C=CC.CC.Cc1ccc2c(c1)sc(C=Cc1ccccc1Cl)[n+]2C. The van der Waals surface area contributed by atoms with Gasteiger partial charge in [0.05, 0.1) is 0 Å². The molecule has 3 heteroatoms. The Balaban J connectivity index is 0.000000567. The van der Waals surface area contributed by atoms with Crippen molar-refractivity contribution in [2.24, 2.45) is 7.05 Å². The predicted molar refractivity (Wildman–Crippen MR) is 115 cm³/mol. The third-order valence-corrected chi connectivity index (χ3v) is 4.84. The Bertz CT molecular complexity index is 846. The van der Waals surface area contributed by atoms with Crippen LogP contribution >= 0.6 is 22.9 Å². The van der Waals surface area contributed by atoms with E-state index in [1.807, 2.05) is 45.0 Å². The summed E-state index contributed by atoms with van der Waals surface area (Å²) in [6.07, 6.45) is 5.95. The first kappa shape index (κ1) is 21.1. The summed E-state index contributed by atoms with van der Waals surface area (Å²) in [6, 6.07) is 14.4. The van der Waals surface area contributed by atoms with Crippen LogP contribution < -0.4 is 4.57 Å². The summed E-state index contributed by atoms with van der Waals surface area (Å²) in [5.74, 6) is 0. The van der Waals surface area contributed by atoms with Gasteiger partial charge in [-0.3, -0.25) is 0 Å². The van der Waals surface area contributed by atoms with Gasteiger partial charge in [-0.15, -0.1) is 6.58 Å². The molecule has 1 heterocycles. The van der Waals surface area contributed by atoms with Crippen LogP contribution in [0.2, 0.25) is 5.02 Å². The van der Waals surface area contributed by atoms with Crippen molar-refractivity contribution in [2.45, 2.75) is 27.7 Å². The number of hydrogen-bond acceptors (Lipinski definition) is 1. The zero-order valence-electron chi connectivity index (χ0n) is 15.7. The Morgan fingerprint density at radius 3 is 2.36 bits per heavy atom. The molecule has 0 radical (unpaired) electrons. The third-order valence-electron chi connectivity index (χ3n) is 3.33. The zero-order chi connectivity index (χ0) is 18.8. The molecule has 3 rings (SSSR count). The highest BCUT2D eigenvalue weighted by Gasteiger charge is 2.14. The first-order valence-electron chi connectivity index (χ1n) is 8.45. The molecule has 0 N–H and O–H groups in total. The van der Waals surface area contributed by atoms with Gasteiger partial charge in [-0.25, -0.2) is 0 Å². The van der Waals surface area contributed by atoms with Crippen LogP contribution in [0.4, 0.5) is 0 Å². The van der Waals surface area contributed by atoms with E-state index in [1.54, 1.807) is 17.4 Å². The van der Waals surface area contributed by atoms with Gasteiger partial charge in [-0.05, 0) is 43.2 Å². The average molecular weight is 373 g/mol. The fourth-order valence-corrected chi connectivity index (χ4v) is 3.55. The van der Waals surface area contributed by atoms with E-state index in [1.165, 1.54) is 20.8 Å². The molecule has 0 aliphatic heterocycles. The summed E-state index contributed by atoms with van der Waals surface area (Å²) >= 11 is 7.97. The van der Waals surface area contributed by atoms with Crippen LogP contribution in [-0.2, 0) is 7.05 Å². The predicted octanol–water partition coefficient (Wildman–Crippen LogP) is 7.08. The Kier molecular flexibility index (Phi) is 9.18. The Labute approximate surface area is 160 Å². The van der Waals surface area contributed by atoms with Crippen molar-refractivity contribution in [1.82, 2.24) is 0 Å². The smallest absolute Gasteiger partial charge is 0.185 e. The lowest BCUT2D eigenvalue weighted by molar-refractivity contribution is -0.642. The second-order valence-corrected chi connectivity index (χ2v) is 6.70. The van der Waals surface area contributed by atoms with E-state index in [-0.39, 0.29) is 0 Å². The van der Waals surface area contributed by atoms with Crippen molar-refractivity contribution < 1.29 is 4.57 Å². The molecule has 3 aromatic rings. The van der Waals surface area contributed by atoms with Gasteiger partial charge in [0.25, 0.3) is 5.01 Å². The summed E-state index contributed by atoms with van der Waals surface area (Å²) in [5, 5.41) is 1.99. The van der Waals surface area contributed by atoms with Crippen LogP contribution in [0.15, 0.2) is 55.1 Å². The average Bonchev–Trinajstić information content (AvgIpc) is 2.92. The highest BCUT2D eigenvalue weighted by molar-refractivity contribution is 7.18. The number of nitrogens with zero attached hydrogens (tertiary/aromatic N) is 1. The lowest BCUT2D eigenvalue weighted by Gasteiger charge is -1.94. The fraction of sp³-hybridized carbons (Fsp3) is 0.227. The van der Waals surface area contributed by atoms with E-state index in [0.29, 0.717) is 0 Å². The Morgan fingerprint density at radius 2 is 1.72 bits per heavy atom. The van der Waals surface area contributed by atoms with Crippen molar-refractivity contribution >= 4 is 45.3 Å². The molecular formula is C22H27ClNS+. The molecule has 0 atom stereocenters.